The van der Waals surface area contributed by atoms with Gasteiger partial charge in [-0.15, -0.1) is 0 Å². The normalized spacial score (nSPS) is 12.3. The van der Waals surface area contributed by atoms with Crippen molar-refractivity contribution in [2.45, 2.75) is 40.0 Å². The number of carbonyl (C=O) groups is 1. The number of hydrogen-bond acceptors (Lipinski definition) is 7. The molecule has 0 saturated carbocycles. The third-order valence-electron chi connectivity index (χ3n) is 3.27. The smallest absolute Gasteiger partial charge is 0.309 e. The van der Waals surface area contributed by atoms with Crippen molar-refractivity contribution < 1.29 is 32.0 Å². The average Bonchev–Trinajstić information content (AvgIpc) is 2.54. The fourth-order valence-electron chi connectivity index (χ4n) is 2.53. The Morgan fingerprint density at radius 1 is 0.731 bits per heavy atom. The van der Waals surface area contributed by atoms with Crippen LogP contribution in [0.4, 0.5) is 0 Å². The first-order valence-electron chi connectivity index (χ1n) is 8.67. The van der Waals surface area contributed by atoms with Crippen LogP contribution in [-0.2, 0) is 39.5 Å². The van der Waals surface area contributed by atoms with Crippen molar-refractivity contribution in [1.29, 1.82) is 0 Å². The minimum absolute atomic E-state index is 0.0247. The molecule has 0 radical (unpaired) electrons. The van der Waals surface area contributed by atoms with Crippen molar-refractivity contribution in [3.63, 3.8) is 0 Å². The first kappa shape index (κ1) is 23.2. The summed E-state index contributed by atoms with van der Waals surface area (Å²) in [5.41, 5.74) is 1.60. The van der Waals surface area contributed by atoms with Crippen LogP contribution in [0.15, 0.2) is 18.2 Å². The van der Waals surface area contributed by atoms with Gasteiger partial charge in [0, 0.05) is 5.56 Å². The predicted molar refractivity (Wildman–Crippen MR) is 101 cm³/mol. The van der Waals surface area contributed by atoms with E-state index in [9.17, 15) is 13.9 Å². The topological polar surface area (TPSA) is 88.1 Å². The minimum atomic E-state index is -3.32. The van der Waals surface area contributed by atoms with Crippen LogP contribution in [-0.4, -0.2) is 32.7 Å². The molecule has 0 unspecified atom stereocenters. The summed E-state index contributed by atoms with van der Waals surface area (Å²) >= 11 is 0. The van der Waals surface area contributed by atoms with Gasteiger partial charge in [0.1, 0.15) is 6.29 Å². The second-order valence-corrected chi connectivity index (χ2v) is 9.52. The summed E-state index contributed by atoms with van der Waals surface area (Å²) in [4.78, 5) is 11.3. The second-order valence-electron chi connectivity index (χ2n) is 5.41. The summed E-state index contributed by atoms with van der Waals surface area (Å²) in [5.74, 6) is 0. The Morgan fingerprint density at radius 2 is 1.08 bits per heavy atom. The molecule has 1 aromatic carbocycles. The highest BCUT2D eigenvalue weighted by atomic mass is 31.2. The Balaban J connectivity index is 3.16. The van der Waals surface area contributed by atoms with Gasteiger partial charge in [0.2, 0.25) is 0 Å². The van der Waals surface area contributed by atoms with Crippen LogP contribution in [0.2, 0.25) is 0 Å². The van der Waals surface area contributed by atoms with Gasteiger partial charge in [-0.05, 0) is 51.0 Å². The molecule has 0 saturated heterocycles. The SMILES string of the molecule is CCOP(=O)(Cc1cc(C=O)cc(CP(=O)(OCC)OCC)c1)OCC. The van der Waals surface area contributed by atoms with Crippen LogP contribution in [0.3, 0.4) is 0 Å². The van der Waals surface area contributed by atoms with Crippen molar-refractivity contribution in [2.24, 2.45) is 0 Å². The predicted octanol–water partition coefficient (Wildman–Crippen LogP) is 5.03. The molecule has 1 aromatic rings. The van der Waals surface area contributed by atoms with Crippen LogP contribution in [0.5, 0.6) is 0 Å². The summed E-state index contributed by atoms with van der Waals surface area (Å²) in [6, 6.07) is 4.96. The van der Waals surface area contributed by atoms with Gasteiger partial charge >= 0.3 is 15.2 Å². The first-order valence-corrected chi connectivity index (χ1v) is 12.1. The second kappa shape index (κ2) is 11.1. The molecule has 0 fully saturated rings. The monoisotopic (exact) mass is 406 g/mol. The van der Waals surface area contributed by atoms with E-state index in [0.29, 0.717) is 23.0 Å². The van der Waals surface area contributed by atoms with Gasteiger partial charge in [0.25, 0.3) is 0 Å². The molecule has 0 aliphatic carbocycles. The van der Waals surface area contributed by atoms with Gasteiger partial charge in [-0.3, -0.25) is 13.9 Å². The average molecular weight is 406 g/mol. The van der Waals surface area contributed by atoms with Crippen LogP contribution in [0.1, 0.15) is 49.2 Å². The van der Waals surface area contributed by atoms with E-state index in [1.807, 2.05) is 0 Å². The quantitative estimate of drug-likeness (QED) is 0.335. The van der Waals surface area contributed by atoms with E-state index in [4.69, 9.17) is 18.1 Å². The summed E-state index contributed by atoms with van der Waals surface area (Å²) in [6.45, 7) is 7.95. The van der Waals surface area contributed by atoms with Crippen molar-refractivity contribution in [1.82, 2.24) is 0 Å². The summed E-state index contributed by atoms with van der Waals surface area (Å²) in [7, 11) is -6.63. The Hall–Kier alpha value is -0.810. The lowest BCUT2D eigenvalue weighted by molar-refractivity contribution is 0.112. The molecule has 148 valence electrons. The maximum Gasteiger partial charge on any atom is 0.335 e. The van der Waals surface area contributed by atoms with Gasteiger partial charge < -0.3 is 18.1 Å². The van der Waals surface area contributed by atoms with Crippen molar-refractivity contribution >= 4 is 21.5 Å². The van der Waals surface area contributed by atoms with Gasteiger partial charge in [-0.1, -0.05) is 6.07 Å². The molecule has 0 bridgehead atoms. The van der Waals surface area contributed by atoms with Crippen molar-refractivity contribution in [3.05, 3.63) is 34.9 Å². The largest absolute Gasteiger partial charge is 0.335 e. The molecule has 0 atom stereocenters. The summed E-state index contributed by atoms with van der Waals surface area (Å²) in [5, 5.41) is 0. The molecular formula is C17H28O7P2. The van der Waals surface area contributed by atoms with Gasteiger partial charge in [-0.2, -0.15) is 0 Å². The molecular weight excluding hydrogens is 378 g/mol. The molecule has 0 aliphatic rings. The van der Waals surface area contributed by atoms with E-state index in [1.165, 1.54) is 0 Å². The lowest BCUT2D eigenvalue weighted by atomic mass is 10.1. The molecule has 1 rings (SSSR count). The molecule has 7 nitrogen and oxygen atoms in total. The maximum absolute atomic E-state index is 12.7. The molecule has 0 aromatic heterocycles. The van der Waals surface area contributed by atoms with Crippen LogP contribution in [0.25, 0.3) is 0 Å². The molecule has 26 heavy (non-hydrogen) atoms. The maximum atomic E-state index is 12.7. The van der Waals surface area contributed by atoms with Crippen LogP contribution in [0, 0.1) is 0 Å². The minimum Gasteiger partial charge on any atom is -0.309 e. The summed E-state index contributed by atoms with van der Waals surface area (Å²) in [6.07, 6.45) is 0.736. The fraction of sp³-hybridized carbons (Fsp3) is 0.588. The molecule has 0 amide bonds. The number of hydrogen-bond donors (Lipinski definition) is 0. The van der Waals surface area contributed by atoms with E-state index >= 15 is 0 Å². The lowest BCUT2D eigenvalue weighted by Gasteiger charge is -2.19. The standard InChI is InChI=1S/C17H28O7P2/c1-5-21-25(19,22-6-2)13-16-9-15(12-18)10-17(11-16)14-26(20,23-7-3)24-8-4/h9-12H,5-8,13-14H2,1-4H3. The highest BCUT2D eigenvalue weighted by Gasteiger charge is 2.27. The molecule has 0 aliphatic heterocycles. The molecule has 0 spiro atoms. The highest BCUT2D eigenvalue weighted by Crippen LogP contribution is 2.53. The zero-order valence-electron chi connectivity index (χ0n) is 15.8. The van der Waals surface area contributed by atoms with Gasteiger partial charge in [-0.25, -0.2) is 0 Å². The zero-order chi connectivity index (χ0) is 19.6. The zero-order valence-corrected chi connectivity index (χ0v) is 17.6. The Bertz CT molecular complexity index is 605. The Labute approximate surface area is 155 Å². The van der Waals surface area contributed by atoms with E-state index < -0.39 is 15.2 Å². The molecule has 9 heteroatoms. The summed E-state index contributed by atoms with van der Waals surface area (Å²) < 4.78 is 46.7. The first-order chi connectivity index (χ1) is 12.3. The fourth-order valence-corrected chi connectivity index (χ4v) is 5.88. The molecule has 0 N–H and O–H groups in total. The third kappa shape index (κ3) is 7.43. The van der Waals surface area contributed by atoms with E-state index in [-0.39, 0.29) is 38.8 Å². The van der Waals surface area contributed by atoms with Crippen LogP contribution < -0.4 is 0 Å². The van der Waals surface area contributed by atoms with E-state index in [0.717, 1.165) is 0 Å². The molecule has 0 heterocycles. The van der Waals surface area contributed by atoms with Crippen LogP contribution >= 0.6 is 15.2 Å². The van der Waals surface area contributed by atoms with E-state index in [2.05, 4.69) is 0 Å². The van der Waals surface area contributed by atoms with Crippen molar-refractivity contribution in [3.8, 4) is 0 Å². The van der Waals surface area contributed by atoms with Gasteiger partial charge in [0.15, 0.2) is 0 Å². The highest BCUT2D eigenvalue weighted by molar-refractivity contribution is 7.53. The van der Waals surface area contributed by atoms with E-state index in [1.54, 1.807) is 45.9 Å². The lowest BCUT2D eigenvalue weighted by Crippen LogP contribution is -2.02. The number of rotatable bonds is 13. The Morgan fingerprint density at radius 3 is 1.35 bits per heavy atom. The van der Waals surface area contributed by atoms with Gasteiger partial charge in [0.05, 0.1) is 38.8 Å². The number of aldehydes is 1. The van der Waals surface area contributed by atoms with Crippen molar-refractivity contribution in [2.75, 3.05) is 26.4 Å². The number of carbonyl (C=O) groups excluding carboxylic acids is 1. The number of benzene rings is 1. The Kier molecular flexibility index (Phi) is 9.94. The third-order valence-corrected chi connectivity index (χ3v) is 7.38.